The summed E-state index contributed by atoms with van der Waals surface area (Å²) in [6.45, 7) is 1.88. The number of carbonyl (C=O) groups excluding carboxylic acids is 1. The monoisotopic (exact) mass is 433 g/mol. The van der Waals surface area contributed by atoms with Gasteiger partial charge in [0.2, 0.25) is 0 Å². The van der Waals surface area contributed by atoms with Crippen LogP contribution >= 0.6 is 0 Å². The molecule has 2 nitrogen and oxygen atoms in total. The van der Waals surface area contributed by atoms with Crippen molar-refractivity contribution in [2.75, 3.05) is 13.1 Å². The lowest BCUT2D eigenvalue weighted by Crippen LogP contribution is -2.36. The van der Waals surface area contributed by atoms with Gasteiger partial charge in [-0.25, -0.2) is 0 Å². The molecule has 166 valence electrons. The highest BCUT2D eigenvalue weighted by Crippen LogP contribution is 2.48. The average molecular weight is 433 g/mol. The minimum Gasteiger partial charge on any atom is -0.300 e. The van der Waals surface area contributed by atoms with Crippen LogP contribution in [0.5, 0.6) is 0 Å². The van der Waals surface area contributed by atoms with Crippen molar-refractivity contribution in [1.29, 1.82) is 0 Å². The predicted octanol–water partition coefficient (Wildman–Crippen LogP) is 6.44. The van der Waals surface area contributed by atoms with Crippen LogP contribution in [0.3, 0.4) is 0 Å². The van der Waals surface area contributed by atoms with Crippen molar-refractivity contribution in [3.63, 3.8) is 0 Å². The molecular weight excluding hydrogens is 408 g/mol. The molecule has 0 radical (unpaired) electrons. The Morgan fingerprint density at radius 3 is 2.13 bits per heavy atom. The molecule has 0 bridgehead atoms. The first-order chi connectivity index (χ1) is 14.1. The third-order valence-electron chi connectivity index (χ3n) is 6.77. The van der Waals surface area contributed by atoms with E-state index in [9.17, 15) is 31.1 Å². The molecule has 4 rings (SSSR count). The molecule has 0 amide bonds. The van der Waals surface area contributed by atoms with E-state index in [0.717, 1.165) is 51.3 Å². The second-order valence-corrected chi connectivity index (χ2v) is 8.89. The molecule has 2 saturated carbocycles. The molecule has 8 heteroatoms. The summed E-state index contributed by atoms with van der Waals surface area (Å²) in [6.07, 6.45) is -4.13. The number of hydrogen-bond donors (Lipinski definition) is 0. The number of rotatable bonds is 5. The number of carbonyl (C=O) groups is 1. The second kappa shape index (κ2) is 7.84. The van der Waals surface area contributed by atoms with Crippen LogP contribution in [0.1, 0.15) is 84.3 Å². The summed E-state index contributed by atoms with van der Waals surface area (Å²) < 4.78 is 81.0. The summed E-state index contributed by atoms with van der Waals surface area (Å²) >= 11 is 0. The maximum absolute atomic E-state index is 13.7. The molecule has 3 fully saturated rings. The zero-order valence-corrected chi connectivity index (χ0v) is 16.6. The van der Waals surface area contributed by atoms with Gasteiger partial charge in [0.15, 0.2) is 5.78 Å². The highest BCUT2D eigenvalue weighted by atomic mass is 19.4. The number of halogens is 6. The average Bonchev–Trinajstić information content (AvgIpc) is 3.16. The highest BCUT2D eigenvalue weighted by molar-refractivity contribution is 5.99. The Morgan fingerprint density at radius 2 is 1.57 bits per heavy atom. The number of likely N-dealkylation sites (tertiary alicyclic amines) is 1. The van der Waals surface area contributed by atoms with Crippen LogP contribution in [0, 0.1) is 5.92 Å². The molecule has 1 aromatic carbocycles. The van der Waals surface area contributed by atoms with E-state index in [2.05, 4.69) is 4.90 Å². The maximum atomic E-state index is 13.7. The van der Waals surface area contributed by atoms with Gasteiger partial charge in [0.25, 0.3) is 0 Å². The number of nitrogens with zero attached hydrogens (tertiary/aromatic N) is 1. The van der Waals surface area contributed by atoms with Gasteiger partial charge in [-0.3, -0.25) is 4.79 Å². The fourth-order valence-electron chi connectivity index (χ4n) is 5.23. The number of hydrogen-bond acceptors (Lipinski definition) is 2. The van der Waals surface area contributed by atoms with E-state index in [0.29, 0.717) is 12.8 Å². The van der Waals surface area contributed by atoms with Crippen LogP contribution < -0.4 is 0 Å². The van der Waals surface area contributed by atoms with E-state index >= 15 is 0 Å². The van der Waals surface area contributed by atoms with Crippen molar-refractivity contribution >= 4 is 5.78 Å². The van der Waals surface area contributed by atoms with Gasteiger partial charge in [-0.05, 0) is 81.1 Å². The Kier molecular flexibility index (Phi) is 5.66. The molecule has 1 aromatic rings. The fourth-order valence-corrected chi connectivity index (χ4v) is 5.23. The van der Waals surface area contributed by atoms with Crippen molar-refractivity contribution < 1.29 is 31.1 Å². The van der Waals surface area contributed by atoms with Gasteiger partial charge >= 0.3 is 12.4 Å². The van der Waals surface area contributed by atoms with E-state index in [1.807, 2.05) is 0 Å². The predicted molar refractivity (Wildman–Crippen MR) is 99.3 cm³/mol. The Morgan fingerprint density at radius 1 is 0.900 bits per heavy atom. The third-order valence-corrected chi connectivity index (χ3v) is 6.77. The summed E-state index contributed by atoms with van der Waals surface area (Å²) in [7, 11) is 0. The smallest absolute Gasteiger partial charge is 0.300 e. The maximum Gasteiger partial charge on any atom is 0.417 e. The van der Waals surface area contributed by atoms with Crippen LogP contribution in [-0.4, -0.2) is 29.8 Å². The first kappa shape index (κ1) is 21.7. The molecule has 1 aliphatic heterocycles. The second-order valence-electron chi connectivity index (χ2n) is 8.89. The number of alkyl halides is 6. The van der Waals surface area contributed by atoms with Gasteiger partial charge in [0.05, 0.1) is 11.1 Å². The number of Topliss-reactive ketones (excluding diaryl/α,β-unsaturated/α-hetero) is 1. The molecule has 3 aliphatic rings. The van der Waals surface area contributed by atoms with Crippen LogP contribution in [0.4, 0.5) is 26.3 Å². The van der Waals surface area contributed by atoms with Crippen molar-refractivity contribution in [2.24, 2.45) is 5.92 Å². The topological polar surface area (TPSA) is 20.3 Å². The number of benzene rings is 1. The Hall–Kier alpha value is -1.57. The van der Waals surface area contributed by atoms with Gasteiger partial charge in [-0.1, -0.05) is 6.42 Å². The highest BCUT2D eigenvalue weighted by Gasteiger charge is 2.44. The lowest BCUT2D eigenvalue weighted by molar-refractivity contribution is -0.143. The van der Waals surface area contributed by atoms with Crippen LogP contribution in [0.25, 0.3) is 0 Å². The normalized spacial score (nSPS) is 25.8. The molecule has 1 saturated heterocycles. The molecule has 30 heavy (non-hydrogen) atoms. The Bertz CT molecular complexity index is 805. The van der Waals surface area contributed by atoms with Crippen molar-refractivity contribution in [2.45, 2.75) is 75.7 Å². The molecule has 0 N–H and O–H groups in total. The van der Waals surface area contributed by atoms with Gasteiger partial charge in [0, 0.05) is 18.0 Å². The summed E-state index contributed by atoms with van der Waals surface area (Å²) in [6, 6.07) is 1.07. The van der Waals surface area contributed by atoms with E-state index in [4.69, 9.17) is 0 Å². The van der Waals surface area contributed by atoms with Gasteiger partial charge < -0.3 is 4.90 Å². The van der Waals surface area contributed by atoms with Gasteiger partial charge in [0.1, 0.15) is 0 Å². The fraction of sp³-hybridized carbons (Fsp3) is 0.682. The lowest BCUT2D eigenvalue weighted by Gasteiger charge is -2.29. The molecule has 2 atom stereocenters. The van der Waals surface area contributed by atoms with Crippen molar-refractivity contribution in [1.82, 2.24) is 4.90 Å². The zero-order chi connectivity index (χ0) is 21.7. The third kappa shape index (κ3) is 4.39. The molecule has 1 heterocycles. The zero-order valence-electron chi connectivity index (χ0n) is 16.6. The van der Waals surface area contributed by atoms with E-state index in [1.165, 1.54) is 0 Å². The van der Waals surface area contributed by atoms with Gasteiger partial charge in [-0.15, -0.1) is 0 Å². The van der Waals surface area contributed by atoms with E-state index in [1.54, 1.807) is 0 Å². The standard InChI is InChI=1S/C22H25F6NO/c23-21(24,25)15-11-16(13-6-7-13)20(17(12-15)22(26,27)28)19(30)10-14-4-3-5-18(14)29-8-1-2-9-29/h11-14,18H,1-10H2/t14-,18-/m0/s1. The van der Waals surface area contributed by atoms with Gasteiger partial charge in [-0.2, -0.15) is 26.3 Å². The largest absolute Gasteiger partial charge is 0.417 e. The van der Waals surface area contributed by atoms with E-state index in [-0.39, 0.29) is 30.0 Å². The Labute approximate surface area is 171 Å². The van der Waals surface area contributed by atoms with Crippen LogP contribution in [-0.2, 0) is 12.4 Å². The molecule has 2 aliphatic carbocycles. The van der Waals surface area contributed by atoms with Crippen LogP contribution in [0.2, 0.25) is 0 Å². The van der Waals surface area contributed by atoms with Crippen LogP contribution in [0.15, 0.2) is 12.1 Å². The first-order valence-electron chi connectivity index (χ1n) is 10.7. The molecule has 0 unspecified atom stereocenters. The minimum absolute atomic E-state index is 0.0324. The quantitative estimate of drug-likeness (QED) is 0.394. The SMILES string of the molecule is O=C(C[C@@H]1CCC[C@@H]1N1CCCC1)c1c(C2CC2)cc(C(F)(F)F)cc1C(F)(F)F. The minimum atomic E-state index is -5.01. The van der Waals surface area contributed by atoms with E-state index < -0.39 is 40.7 Å². The molecule has 0 aromatic heterocycles. The first-order valence-corrected chi connectivity index (χ1v) is 10.7. The summed E-state index contributed by atoms with van der Waals surface area (Å²) in [5.41, 5.74) is -3.35. The van der Waals surface area contributed by atoms with Crippen molar-refractivity contribution in [3.05, 3.63) is 34.4 Å². The Balaban J connectivity index is 1.69. The van der Waals surface area contributed by atoms with Crippen molar-refractivity contribution in [3.8, 4) is 0 Å². The molecule has 0 spiro atoms. The molecular formula is C22H25F6NO. The summed E-state index contributed by atoms with van der Waals surface area (Å²) in [5.74, 6) is -1.09. The summed E-state index contributed by atoms with van der Waals surface area (Å²) in [5, 5.41) is 0. The summed E-state index contributed by atoms with van der Waals surface area (Å²) in [4.78, 5) is 15.5. The number of ketones is 1. The lowest BCUT2D eigenvalue weighted by atomic mass is 9.86.